The number of anilines is 1. The Hall–Kier alpha value is -1.42. The average molecular weight is 261 g/mol. The van der Waals surface area contributed by atoms with Gasteiger partial charge in [-0.25, -0.2) is 9.97 Å². The molecule has 18 heavy (non-hydrogen) atoms. The van der Waals surface area contributed by atoms with Gasteiger partial charge in [0, 0.05) is 33.6 Å². The Morgan fingerprint density at radius 3 is 2.39 bits per heavy atom. The number of aryl methyl sites for hydroxylation is 3. The summed E-state index contributed by atoms with van der Waals surface area (Å²) in [4.78, 5) is 11.6. The Morgan fingerprint density at radius 2 is 1.83 bits per heavy atom. The maximum atomic E-state index is 4.40. The minimum Gasteiger partial charge on any atom is -0.351 e. The molecule has 0 aliphatic rings. The van der Waals surface area contributed by atoms with E-state index in [0.29, 0.717) is 6.04 Å². The van der Waals surface area contributed by atoms with Crippen molar-refractivity contribution in [1.29, 1.82) is 0 Å². The fraction of sp³-hybridized carbons (Fsp3) is 0.429. The van der Waals surface area contributed by atoms with Crippen LogP contribution in [0.15, 0.2) is 18.2 Å². The molecule has 2 heterocycles. The quantitative estimate of drug-likeness (QED) is 0.915. The van der Waals surface area contributed by atoms with Crippen LogP contribution in [0.4, 0.5) is 5.95 Å². The molecule has 1 atom stereocenters. The lowest BCUT2D eigenvalue weighted by Gasteiger charge is -2.13. The number of thiophene rings is 1. The van der Waals surface area contributed by atoms with E-state index in [0.717, 1.165) is 23.8 Å². The van der Waals surface area contributed by atoms with Crippen LogP contribution >= 0.6 is 11.3 Å². The van der Waals surface area contributed by atoms with E-state index in [4.69, 9.17) is 0 Å². The zero-order valence-corrected chi connectivity index (χ0v) is 12.1. The number of hydrogen-bond donors (Lipinski definition) is 1. The van der Waals surface area contributed by atoms with Crippen molar-refractivity contribution < 1.29 is 0 Å². The monoisotopic (exact) mass is 261 g/mol. The van der Waals surface area contributed by atoms with Gasteiger partial charge in [-0.15, -0.1) is 11.3 Å². The van der Waals surface area contributed by atoms with Gasteiger partial charge in [-0.05, 0) is 45.9 Å². The summed E-state index contributed by atoms with van der Waals surface area (Å²) in [6.45, 7) is 8.29. The first kappa shape index (κ1) is 13.0. The molecule has 0 aliphatic heterocycles. The van der Waals surface area contributed by atoms with Gasteiger partial charge >= 0.3 is 0 Å². The van der Waals surface area contributed by atoms with E-state index < -0.39 is 0 Å². The molecule has 0 fully saturated rings. The SMILES string of the molecule is Cc1cc(C)nc(NC(C)Cc2ccc(C)s2)n1. The third-order valence-electron chi connectivity index (χ3n) is 2.66. The van der Waals surface area contributed by atoms with E-state index in [1.54, 1.807) is 0 Å². The molecule has 1 unspecified atom stereocenters. The van der Waals surface area contributed by atoms with Crippen LogP contribution in [0.2, 0.25) is 0 Å². The Morgan fingerprint density at radius 1 is 1.17 bits per heavy atom. The second-order valence-corrected chi connectivity index (χ2v) is 6.11. The minimum atomic E-state index is 0.337. The van der Waals surface area contributed by atoms with E-state index in [-0.39, 0.29) is 0 Å². The molecular formula is C14H19N3S. The maximum Gasteiger partial charge on any atom is 0.223 e. The highest BCUT2D eigenvalue weighted by atomic mass is 32.1. The maximum absolute atomic E-state index is 4.40. The van der Waals surface area contributed by atoms with E-state index in [2.05, 4.69) is 41.3 Å². The molecule has 0 radical (unpaired) electrons. The molecule has 3 nitrogen and oxygen atoms in total. The van der Waals surface area contributed by atoms with Crippen LogP contribution in [-0.2, 0) is 6.42 Å². The summed E-state index contributed by atoms with van der Waals surface area (Å²) in [5, 5.41) is 3.37. The van der Waals surface area contributed by atoms with Crippen LogP contribution in [0.5, 0.6) is 0 Å². The van der Waals surface area contributed by atoms with Crippen LogP contribution in [0.1, 0.15) is 28.1 Å². The van der Waals surface area contributed by atoms with E-state index in [1.807, 2.05) is 31.3 Å². The van der Waals surface area contributed by atoms with Crippen molar-refractivity contribution in [1.82, 2.24) is 9.97 Å². The lowest BCUT2D eigenvalue weighted by molar-refractivity contribution is 0.783. The van der Waals surface area contributed by atoms with Gasteiger partial charge in [-0.3, -0.25) is 0 Å². The third-order valence-corrected chi connectivity index (χ3v) is 3.68. The van der Waals surface area contributed by atoms with Gasteiger partial charge < -0.3 is 5.32 Å². The lowest BCUT2D eigenvalue weighted by Crippen LogP contribution is -2.19. The molecule has 0 aromatic carbocycles. The van der Waals surface area contributed by atoms with Crippen molar-refractivity contribution >= 4 is 17.3 Å². The minimum absolute atomic E-state index is 0.337. The van der Waals surface area contributed by atoms with Crippen LogP contribution in [0, 0.1) is 20.8 Å². The molecule has 1 N–H and O–H groups in total. The first-order valence-corrected chi connectivity index (χ1v) is 6.99. The van der Waals surface area contributed by atoms with Crippen molar-refractivity contribution in [2.24, 2.45) is 0 Å². The highest BCUT2D eigenvalue weighted by molar-refractivity contribution is 7.11. The number of nitrogens with one attached hydrogen (secondary N) is 1. The molecule has 96 valence electrons. The Bertz CT molecular complexity index is 513. The first-order chi connectivity index (χ1) is 8.52. The molecule has 0 aliphatic carbocycles. The number of rotatable bonds is 4. The molecular weight excluding hydrogens is 242 g/mol. The highest BCUT2D eigenvalue weighted by Gasteiger charge is 2.07. The van der Waals surface area contributed by atoms with Gasteiger partial charge in [0.05, 0.1) is 0 Å². The van der Waals surface area contributed by atoms with Crippen LogP contribution < -0.4 is 5.32 Å². The average Bonchev–Trinajstić information content (AvgIpc) is 2.61. The van der Waals surface area contributed by atoms with Gasteiger partial charge in [0.2, 0.25) is 5.95 Å². The molecule has 2 aromatic heterocycles. The summed E-state index contributed by atoms with van der Waals surface area (Å²) in [5.41, 5.74) is 2.01. The summed E-state index contributed by atoms with van der Waals surface area (Å²) < 4.78 is 0. The van der Waals surface area contributed by atoms with Crippen molar-refractivity contribution in [2.45, 2.75) is 40.2 Å². The predicted octanol–water partition coefficient (Wildman–Crippen LogP) is 3.51. The fourth-order valence-corrected chi connectivity index (χ4v) is 2.98. The van der Waals surface area contributed by atoms with E-state index >= 15 is 0 Å². The number of hydrogen-bond acceptors (Lipinski definition) is 4. The highest BCUT2D eigenvalue weighted by Crippen LogP contribution is 2.17. The molecule has 0 amide bonds. The first-order valence-electron chi connectivity index (χ1n) is 6.17. The van der Waals surface area contributed by atoms with Crippen LogP contribution in [-0.4, -0.2) is 16.0 Å². The van der Waals surface area contributed by atoms with E-state index in [1.165, 1.54) is 9.75 Å². The van der Waals surface area contributed by atoms with Crippen LogP contribution in [0.3, 0.4) is 0 Å². The zero-order valence-electron chi connectivity index (χ0n) is 11.3. The normalized spacial score (nSPS) is 12.4. The van der Waals surface area contributed by atoms with Gasteiger partial charge in [-0.2, -0.15) is 0 Å². The second-order valence-electron chi connectivity index (χ2n) is 4.74. The lowest BCUT2D eigenvalue weighted by atomic mass is 10.2. The Labute approximate surface area is 112 Å². The molecule has 2 aromatic rings. The van der Waals surface area contributed by atoms with Gasteiger partial charge in [0.15, 0.2) is 0 Å². The molecule has 2 rings (SSSR count). The molecule has 0 spiro atoms. The topological polar surface area (TPSA) is 37.8 Å². The second kappa shape index (κ2) is 5.48. The summed E-state index contributed by atoms with van der Waals surface area (Å²) in [6.07, 6.45) is 1.01. The molecule has 0 bridgehead atoms. The molecule has 0 saturated carbocycles. The van der Waals surface area contributed by atoms with E-state index in [9.17, 15) is 0 Å². The standard InChI is InChI=1S/C14H19N3S/c1-9-7-10(2)16-14(15-9)17-11(3)8-13-6-5-12(4)18-13/h5-7,11H,8H2,1-4H3,(H,15,16,17). The Balaban J connectivity index is 2.00. The van der Waals surface area contributed by atoms with Crippen molar-refractivity contribution in [3.8, 4) is 0 Å². The molecule has 0 saturated heterocycles. The van der Waals surface area contributed by atoms with Gasteiger partial charge in [-0.1, -0.05) is 0 Å². The third kappa shape index (κ3) is 3.53. The summed E-state index contributed by atoms with van der Waals surface area (Å²) in [5.74, 6) is 0.730. The van der Waals surface area contributed by atoms with Gasteiger partial charge in [0.1, 0.15) is 0 Å². The summed E-state index contributed by atoms with van der Waals surface area (Å²) >= 11 is 1.85. The summed E-state index contributed by atoms with van der Waals surface area (Å²) in [7, 11) is 0. The van der Waals surface area contributed by atoms with Crippen molar-refractivity contribution in [2.75, 3.05) is 5.32 Å². The largest absolute Gasteiger partial charge is 0.351 e. The van der Waals surface area contributed by atoms with Crippen LogP contribution in [0.25, 0.3) is 0 Å². The van der Waals surface area contributed by atoms with Gasteiger partial charge in [0.25, 0.3) is 0 Å². The molecule has 4 heteroatoms. The summed E-state index contributed by atoms with van der Waals surface area (Å²) in [6, 6.07) is 6.68. The smallest absolute Gasteiger partial charge is 0.223 e. The Kier molecular flexibility index (Phi) is 3.97. The van der Waals surface area contributed by atoms with Crippen molar-refractivity contribution in [3.05, 3.63) is 39.3 Å². The number of nitrogens with zero attached hydrogens (tertiary/aromatic N) is 2. The van der Waals surface area contributed by atoms with Crippen molar-refractivity contribution in [3.63, 3.8) is 0 Å². The zero-order chi connectivity index (χ0) is 13.1. The predicted molar refractivity (Wildman–Crippen MR) is 77.4 cm³/mol. The fourth-order valence-electron chi connectivity index (χ4n) is 1.96. The number of aromatic nitrogens is 2.